The standard InChI is InChI=1S/C17H16N4O/c1-21(2)14-6-3-12(4-7-14)17(22)20-13-5-8-15-16(11-13)19-10-9-18-15/h3-11H,1-2H3,(H,20,22). The lowest BCUT2D eigenvalue weighted by atomic mass is 10.2. The van der Waals surface area contributed by atoms with Crippen LogP contribution in [0.15, 0.2) is 54.9 Å². The van der Waals surface area contributed by atoms with Crippen LogP contribution in [0.4, 0.5) is 11.4 Å². The van der Waals surface area contributed by atoms with Gasteiger partial charge >= 0.3 is 0 Å². The average Bonchev–Trinajstić information content (AvgIpc) is 2.55. The number of nitrogens with zero attached hydrogens (tertiary/aromatic N) is 3. The van der Waals surface area contributed by atoms with Crippen molar-refractivity contribution < 1.29 is 4.79 Å². The number of hydrogen-bond donors (Lipinski definition) is 1. The van der Waals surface area contributed by atoms with Gasteiger partial charge in [0.25, 0.3) is 5.91 Å². The number of benzene rings is 2. The van der Waals surface area contributed by atoms with Crippen molar-refractivity contribution in [2.75, 3.05) is 24.3 Å². The Labute approximate surface area is 128 Å². The van der Waals surface area contributed by atoms with Crippen molar-refractivity contribution in [2.24, 2.45) is 0 Å². The van der Waals surface area contributed by atoms with Gasteiger partial charge in [-0.1, -0.05) is 0 Å². The van der Waals surface area contributed by atoms with Gasteiger partial charge in [0.1, 0.15) is 0 Å². The molecule has 0 saturated carbocycles. The van der Waals surface area contributed by atoms with Crippen LogP contribution in [0, 0.1) is 0 Å². The van der Waals surface area contributed by atoms with Crippen LogP contribution in [0.3, 0.4) is 0 Å². The fourth-order valence-electron chi connectivity index (χ4n) is 2.16. The summed E-state index contributed by atoms with van der Waals surface area (Å²) in [4.78, 5) is 22.7. The third kappa shape index (κ3) is 2.88. The second-order valence-electron chi connectivity index (χ2n) is 5.16. The molecule has 3 aromatic rings. The topological polar surface area (TPSA) is 58.1 Å². The molecule has 5 nitrogen and oxygen atoms in total. The molecular formula is C17H16N4O. The van der Waals surface area contributed by atoms with Gasteiger partial charge in [-0.15, -0.1) is 0 Å². The fourth-order valence-corrected chi connectivity index (χ4v) is 2.16. The van der Waals surface area contributed by atoms with Crippen molar-refractivity contribution in [2.45, 2.75) is 0 Å². The Kier molecular flexibility index (Phi) is 3.70. The number of anilines is 2. The first-order chi connectivity index (χ1) is 10.6. The molecule has 0 aliphatic carbocycles. The molecular weight excluding hydrogens is 276 g/mol. The van der Waals surface area contributed by atoms with Gasteiger partial charge in [-0.3, -0.25) is 14.8 Å². The Morgan fingerprint density at radius 3 is 2.32 bits per heavy atom. The number of carbonyl (C=O) groups is 1. The van der Waals surface area contributed by atoms with E-state index >= 15 is 0 Å². The van der Waals surface area contributed by atoms with E-state index in [1.807, 2.05) is 61.5 Å². The highest BCUT2D eigenvalue weighted by molar-refractivity contribution is 6.05. The van der Waals surface area contributed by atoms with Crippen molar-refractivity contribution in [3.05, 3.63) is 60.4 Å². The number of aromatic nitrogens is 2. The van der Waals surface area contributed by atoms with Crippen molar-refractivity contribution in [1.29, 1.82) is 0 Å². The molecule has 0 aliphatic rings. The Balaban J connectivity index is 1.80. The minimum absolute atomic E-state index is 0.145. The molecule has 0 unspecified atom stereocenters. The summed E-state index contributed by atoms with van der Waals surface area (Å²) in [7, 11) is 3.93. The minimum Gasteiger partial charge on any atom is -0.378 e. The number of amides is 1. The highest BCUT2D eigenvalue weighted by atomic mass is 16.1. The van der Waals surface area contributed by atoms with Crippen LogP contribution in [0.5, 0.6) is 0 Å². The molecule has 3 rings (SSSR count). The predicted molar refractivity (Wildman–Crippen MR) is 88.3 cm³/mol. The quantitative estimate of drug-likeness (QED) is 0.806. The summed E-state index contributed by atoms with van der Waals surface area (Å²) < 4.78 is 0. The molecule has 0 atom stereocenters. The van der Waals surface area contributed by atoms with Crippen molar-refractivity contribution in [3.8, 4) is 0 Å². The molecule has 0 fully saturated rings. The first-order valence-electron chi connectivity index (χ1n) is 6.93. The van der Waals surface area contributed by atoms with Crippen LogP contribution in [-0.4, -0.2) is 30.0 Å². The third-order valence-corrected chi connectivity index (χ3v) is 3.37. The second kappa shape index (κ2) is 5.81. The van der Waals surface area contributed by atoms with Gasteiger partial charge in [0, 0.05) is 43.4 Å². The highest BCUT2D eigenvalue weighted by Gasteiger charge is 2.07. The van der Waals surface area contributed by atoms with Gasteiger partial charge in [0.05, 0.1) is 11.0 Å². The molecule has 1 aromatic heterocycles. The van der Waals surface area contributed by atoms with E-state index in [2.05, 4.69) is 15.3 Å². The Hall–Kier alpha value is -2.95. The van der Waals surface area contributed by atoms with Crippen LogP contribution in [0.1, 0.15) is 10.4 Å². The molecule has 0 saturated heterocycles. The lowest BCUT2D eigenvalue weighted by Gasteiger charge is -2.12. The summed E-state index contributed by atoms with van der Waals surface area (Å²) in [6.45, 7) is 0. The van der Waals surface area contributed by atoms with Gasteiger partial charge in [0.15, 0.2) is 0 Å². The fraction of sp³-hybridized carbons (Fsp3) is 0.118. The first kappa shape index (κ1) is 14.0. The lowest BCUT2D eigenvalue weighted by Crippen LogP contribution is -2.13. The Bertz CT molecular complexity index is 812. The van der Waals surface area contributed by atoms with E-state index in [4.69, 9.17) is 0 Å². The zero-order valence-electron chi connectivity index (χ0n) is 12.4. The van der Waals surface area contributed by atoms with Crippen molar-refractivity contribution in [3.63, 3.8) is 0 Å². The van der Waals surface area contributed by atoms with Crippen LogP contribution >= 0.6 is 0 Å². The number of fused-ring (bicyclic) bond motifs is 1. The maximum atomic E-state index is 12.3. The summed E-state index contributed by atoms with van der Waals surface area (Å²) in [6.07, 6.45) is 3.28. The van der Waals surface area contributed by atoms with Crippen LogP contribution in [-0.2, 0) is 0 Å². The zero-order chi connectivity index (χ0) is 15.5. The van der Waals surface area contributed by atoms with Gasteiger partial charge in [-0.05, 0) is 42.5 Å². The number of nitrogens with one attached hydrogen (secondary N) is 1. The first-order valence-corrected chi connectivity index (χ1v) is 6.93. The number of rotatable bonds is 3. The molecule has 1 amide bonds. The molecule has 0 radical (unpaired) electrons. The van der Waals surface area contributed by atoms with Gasteiger partial charge in [0.2, 0.25) is 0 Å². The highest BCUT2D eigenvalue weighted by Crippen LogP contribution is 2.17. The number of hydrogen-bond acceptors (Lipinski definition) is 4. The molecule has 0 bridgehead atoms. The summed E-state index contributed by atoms with van der Waals surface area (Å²) in [5.74, 6) is -0.145. The van der Waals surface area contributed by atoms with Crippen LogP contribution in [0.2, 0.25) is 0 Å². The molecule has 1 N–H and O–H groups in total. The molecule has 1 heterocycles. The van der Waals surface area contributed by atoms with E-state index in [9.17, 15) is 4.79 Å². The van der Waals surface area contributed by atoms with E-state index < -0.39 is 0 Å². The Morgan fingerprint density at radius 1 is 0.955 bits per heavy atom. The maximum Gasteiger partial charge on any atom is 0.255 e. The normalized spacial score (nSPS) is 10.5. The van der Waals surface area contributed by atoms with Gasteiger partial charge in [-0.2, -0.15) is 0 Å². The van der Waals surface area contributed by atoms with Crippen LogP contribution < -0.4 is 10.2 Å². The second-order valence-corrected chi connectivity index (χ2v) is 5.16. The predicted octanol–water partition coefficient (Wildman–Crippen LogP) is 2.95. The molecule has 5 heteroatoms. The summed E-state index contributed by atoms with van der Waals surface area (Å²) in [5, 5.41) is 2.88. The molecule has 2 aromatic carbocycles. The zero-order valence-corrected chi connectivity index (χ0v) is 12.4. The molecule has 0 aliphatic heterocycles. The van der Waals surface area contributed by atoms with E-state index in [1.54, 1.807) is 12.4 Å². The van der Waals surface area contributed by atoms with E-state index in [0.717, 1.165) is 16.7 Å². The minimum atomic E-state index is -0.145. The van der Waals surface area contributed by atoms with Crippen LogP contribution in [0.25, 0.3) is 11.0 Å². The summed E-state index contributed by atoms with van der Waals surface area (Å²) >= 11 is 0. The molecule has 0 spiro atoms. The largest absolute Gasteiger partial charge is 0.378 e. The molecule has 110 valence electrons. The molecule has 22 heavy (non-hydrogen) atoms. The third-order valence-electron chi connectivity index (χ3n) is 3.37. The SMILES string of the molecule is CN(C)c1ccc(C(=O)Nc2ccc3nccnc3c2)cc1. The van der Waals surface area contributed by atoms with Crippen molar-refractivity contribution >= 4 is 28.3 Å². The summed E-state index contributed by atoms with van der Waals surface area (Å²) in [6, 6.07) is 12.9. The summed E-state index contributed by atoms with van der Waals surface area (Å²) in [5.41, 5.74) is 3.93. The van der Waals surface area contributed by atoms with Gasteiger partial charge < -0.3 is 10.2 Å². The smallest absolute Gasteiger partial charge is 0.255 e. The number of carbonyl (C=O) groups excluding carboxylic acids is 1. The monoisotopic (exact) mass is 292 g/mol. The lowest BCUT2D eigenvalue weighted by molar-refractivity contribution is 0.102. The average molecular weight is 292 g/mol. The maximum absolute atomic E-state index is 12.3. The van der Waals surface area contributed by atoms with Crippen molar-refractivity contribution in [1.82, 2.24) is 9.97 Å². The van der Waals surface area contributed by atoms with E-state index in [-0.39, 0.29) is 5.91 Å². The Morgan fingerprint density at radius 2 is 1.64 bits per heavy atom. The van der Waals surface area contributed by atoms with Gasteiger partial charge in [-0.25, -0.2) is 0 Å². The van der Waals surface area contributed by atoms with E-state index in [0.29, 0.717) is 11.3 Å². The van der Waals surface area contributed by atoms with E-state index in [1.165, 1.54) is 0 Å².